The average molecular weight is 305 g/mol. The third-order valence-electron chi connectivity index (χ3n) is 3.96. The van der Waals surface area contributed by atoms with E-state index < -0.39 is 0 Å². The summed E-state index contributed by atoms with van der Waals surface area (Å²) >= 11 is 5.30. The second kappa shape index (κ2) is 6.13. The molecule has 21 heavy (non-hydrogen) atoms. The molecule has 0 radical (unpaired) electrons. The highest BCUT2D eigenvalue weighted by atomic mass is 32.1. The van der Waals surface area contributed by atoms with Gasteiger partial charge < -0.3 is 15.5 Å². The number of thiocarbonyl (C=S) groups is 1. The van der Waals surface area contributed by atoms with Crippen LogP contribution in [0, 0.1) is 12.8 Å². The Kier molecular flexibility index (Phi) is 4.24. The van der Waals surface area contributed by atoms with Crippen molar-refractivity contribution in [2.45, 2.75) is 45.6 Å². The monoisotopic (exact) mass is 305 g/mol. The van der Waals surface area contributed by atoms with Crippen LogP contribution in [0.4, 0.5) is 11.8 Å². The van der Waals surface area contributed by atoms with Crippen molar-refractivity contribution < 1.29 is 0 Å². The van der Waals surface area contributed by atoms with Crippen molar-refractivity contribution in [3.05, 3.63) is 11.8 Å². The minimum Gasteiger partial charge on any atom is -0.360 e. The van der Waals surface area contributed by atoms with Gasteiger partial charge in [-0.25, -0.2) is 4.98 Å². The van der Waals surface area contributed by atoms with E-state index in [1.807, 2.05) is 6.92 Å². The first-order valence-electron chi connectivity index (χ1n) is 7.78. The number of hydrogen-bond donors (Lipinski definition) is 2. The van der Waals surface area contributed by atoms with Crippen LogP contribution in [0.3, 0.4) is 0 Å². The predicted octanol–water partition coefficient (Wildman–Crippen LogP) is 2.47. The fraction of sp³-hybridized carbons (Fsp3) is 0.667. The van der Waals surface area contributed by atoms with Crippen molar-refractivity contribution in [1.29, 1.82) is 0 Å². The van der Waals surface area contributed by atoms with Gasteiger partial charge in [-0.15, -0.1) is 0 Å². The number of anilines is 2. The fourth-order valence-corrected chi connectivity index (χ4v) is 2.98. The lowest BCUT2D eigenvalue weighted by Gasteiger charge is -2.32. The Balaban J connectivity index is 1.70. The molecule has 1 aliphatic heterocycles. The van der Waals surface area contributed by atoms with Gasteiger partial charge in [0.15, 0.2) is 5.11 Å². The van der Waals surface area contributed by atoms with E-state index in [-0.39, 0.29) is 0 Å². The van der Waals surface area contributed by atoms with Crippen LogP contribution in [0.5, 0.6) is 0 Å². The maximum absolute atomic E-state index is 5.30. The molecule has 1 saturated carbocycles. The van der Waals surface area contributed by atoms with Gasteiger partial charge in [0.25, 0.3) is 0 Å². The molecule has 0 spiro atoms. The number of aryl methyl sites for hydroxylation is 1. The molecule has 5 nitrogen and oxygen atoms in total. The Morgan fingerprint density at radius 1 is 1.33 bits per heavy atom. The minimum absolute atomic E-state index is 0.539. The summed E-state index contributed by atoms with van der Waals surface area (Å²) in [6.07, 6.45) is 4.94. The molecule has 2 fully saturated rings. The van der Waals surface area contributed by atoms with Gasteiger partial charge in [-0.2, -0.15) is 4.98 Å². The molecule has 1 aliphatic carbocycles. The molecular formula is C15H23N5S. The Morgan fingerprint density at radius 2 is 2.14 bits per heavy atom. The normalized spacial score (nSPS) is 22.0. The zero-order valence-electron chi connectivity index (χ0n) is 12.7. The van der Waals surface area contributed by atoms with Crippen molar-refractivity contribution in [1.82, 2.24) is 15.3 Å². The first-order valence-corrected chi connectivity index (χ1v) is 8.19. The van der Waals surface area contributed by atoms with E-state index in [0.717, 1.165) is 30.5 Å². The number of rotatable bonds is 3. The van der Waals surface area contributed by atoms with Crippen LogP contribution in [0.25, 0.3) is 0 Å². The summed E-state index contributed by atoms with van der Waals surface area (Å²) in [6.45, 7) is 6.45. The van der Waals surface area contributed by atoms with Crippen molar-refractivity contribution >= 4 is 29.1 Å². The van der Waals surface area contributed by atoms with E-state index in [1.54, 1.807) is 0 Å². The summed E-state index contributed by atoms with van der Waals surface area (Å²) in [5.74, 6) is 2.33. The van der Waals surface area contributed by atoms with E-state index in [1.165, 1.54) is 25.7 Å². The van der Waals surface area contributed by atoms with Gasteiger partial charge in [-0.3, -0.25) is 0 Å². The minimum atomic E-state index is 0.539. The summed E-state index contributed by atoms with van der Waals surface area (Å²) in [4.78, 5) is 11.4. The first kappa shape index (κ1) is 14.5. The van der Waals surface area contributed by atoms with Crippen molar-refractivity contribution in [3.8, 4) is 0 Å². The van der Waals surface area contributed by atoms with Gasteiger partial charge in [0, 0.05) is 30.9 Å². The van der Waals surface area contributed by atoms with Gasteiger partial charge in [-0.1, -0.05) is 6.92 Å². The number of nitrogens with zero attached hydrogens (tertiary/aromatic N) is 3. The summed E-state index contributed by atoms with van der Waals surface area (Å²) in [6, 6.07) is 2.60. The largest absolute Gasteiger partial charge is 0.360 e. The quantitative estimate of drug-likeness (QED) is 0.837. The third kappa shape index (κ3) is 4.03. The number of aromatic nitrogens is 2. The molecule has 1 aromatic rings. The summed E-state index contributed by atoms with van der Waals surface area (Å²) in [5, 5.41) is 7.00. The van der Waals surface area contributed by atoms with E-state index in [2.05, 4.69) is 38.5 Å². The lowest BCUT2D eigenvalue weighted by molar-refractivity contribution is 0.444. The molecule has 1 aromatic heterocycles. The van der Waals surface area contributed by atoms with Crippen LogP contribution < -0.4 is 15.5 Å². The Bertz CT molecular complexity index is 529. The molecule has 2 heterocycles. The topological polar surface area (TPSA) is 53.1 Å². The summed E-state index contributed by atoms with van der Waals surface area (Å²) in [5.41, 5.74) is 0.968. The smallest absolute Gasteiger partial charge is 0.231 e. The van der Waals surface area contributed by atoms with Crippen LogP contribution in [-0.2, 0) is 0 Å². The second-order valence-electron chi connectivity index (χ2n) is 6.26. The molecule has 114 valence electrons. The zero-order chi connectivity index (χ0) is 14.8. The highest BCUT2D eigenvalue weighted by Crippen LogP contribution is 2.23. The predicted molar refractivity (Wildman–Crippen MR) is 89.8 cm³/mol. The Hall–Kier alpha value is -1.43. The van der Waals surface area contributed by atoms with E-state index in [0.29, 0.717) is 17.1 Å². The highest BCUT2D eigenvalue weighted by Gasteiger charge is 2.22. The van der Waals surface area contributed by atoms with Crippen LogP contribution in [0.1, 0.15) is 38.3 Å². The van der Waals surface area contributed by atoms with Gasteiger partial charge in [0.05, 0.1) is 0 Å². The molecule has 3 rings (SSSR count). The van der Waals surface area contributed by atoms with Crippen molar-refractivity contribution in [2.75, 3.05) is 23.3 Å². The van der Waals surface area contributed by atoms with Gasteiger partial charge in [-0.05, 0) is 50.7 Å². The molecule has 2 N–H and O–H groups in total. The van der Waals surface area contributed by atoms with Gasteiger partial charge >= 0.3 is 0 Å². The molecule has 1 atom stereocenters. The zero-order valence-corrected chi connectivity index (χ0v) is 13.5. The first-order chi connectivity index (χ1) is 10.1. The van der Waals surface area contributed by atoms with E-state index in [4.69, 9.17) is 12.2 Å². The fourth-order valence-electron chi connectivity index (χ4n) is 2.72. The summed E-state index contributed by atoms with van der Waals surface area (Å²) < 4.78 is 0. The van der Waals surface area contributed by atoms with Crippen molar-refractivity contribution in [2.24, 2.45) is 5.92 Å². The molecule has 2 aliphatic rings. The lowest BCUT2D eigenvalue weighted by Crippen LogP contribution is -2.35. The van der Waals surface area contributed by atoms with Crippen LogP contribution >= 0.6 is 12.2 Å². The molecule has 0 bridgehead atoms. The molecule has 0 amide bonds. The molecule has 0 unspecified atom stereocenters. The van der Waals surface area contributed by atoms with Crippen molar-refractivity contribution in [3.63, 3.8) is 0 Å². The number of nitrogens with one attached hydrogen (secondary N) is 2. The molecule has 0 aromatic carbocycles. The Labute approximate surface area is 131 Å². The second-order valence-corrected chi connectivity index (χ2v) is 6.67. The molecule has 1 saturated heterocycles. The average Bonchev–Trinajstić information content (AvgIpc) is 3.21. The standard InChI is InChI=1S/C15H23N5S/c1-10-4-3-7-20(9-10)13-8-11(2)16-14(18-13)19-15(21)17-12-5-6-12/h8,10,12H,3-7,9H2,1-2H3,(H2,16,17,18,19,21)/t10-/m0/s1. The maximum atomic E-state index is 5.30. The Morgan fingerprint density at radius 3 is 2.86 bits per heavy atom. The van der Waals surface area contributed by atoms with Gasteiger partial charge in [0.2, 0.25) is 5.95 Å². The van der Waals surface area contributed by atoms with E-state index in [9.17, 15) is 0 Å². The van der Waals surface area contributed by atoms with Crippen LogP contribution in [0.15, 0.2) is 6.07 Å². The number of piperidine rings is 1. The van der Waals surface area contributed by atoms with Crippen LogP contribution in [-0.4, -0.2) is 34.2 Å². The SMILES string of the molecule is Cc1cc(N2CCC[C@H](C)C2)nc(NC(=S)NC2CC2)n1. The van der Waals surface area contributed by atoms with Gasteiger partial charge in [0.1, 0.15) is 5.82 Å². The summed E-state index contributed by atoms with van der Waals surface area (Å²) in [7, 11) is 0. The highest BCUT2D eigenvalue weighted by molar-refractivity contribution is 7.80. The van der Waals surface area contributed by atoms with Crippen LogP contribution in [0.2, 0.25) is 0 Å². The number of hydrogen-bond acceptors (Lipinski definition) is 4. The molecular weight excluding hydrogens is 282 g/mol. The maximum Gasteiger partial charge on any atom is 0.231 e. The van der Waals surface area contributed by atoms with E-state index >= 15 is 0 Å². The lowest BCUT2D eigenvalue weighted by atomic mass is 10.0. The third-order valence-corrected chi connectivity index (χ3v) is 4.18. The molecule has 6 heteroatoms.